The molecule has 5 heteroatoms. The quantitative estimate of drug-likeness (QED) is 0.452. The Kier molecular flexibility index (Phi) is 3.62. The van der Waals surface area contributed by atoms with E-state index in [1.54, 1.807) is 19.1 Å². The predicted octanol–water partition coefficient (Wildman–Crippen LogP) is 1.91. The molecule has 0 aromatic heterocycles. The van der Waals surface area contributed by atoms with Crippen molar-refractivity contribution in [3.8, 4) is 0 Å². The minimum absolute atomic E-state index is 0.119. The number of rotatable bonds is 4. The highest BCUT2D eigenvalue weighted by Crippen LogP contribution is 2.23. The van der Waals surface area contributed by atoms with Crippen molar-refractivity contribution in [1.29, 1.82) is 0 Å². The van der Waals surface area contributed by atoms with Crippen LogP contribution in [0.3, 0.4) is 0 Å². The molecule has 0 aliphatic rings. The van der Waals surface area contributed by atoms with Gasteiger partial charge >= 0.3 is 0 Å². The molecule has 1 rings (SSSR count). The van der Waals surface area contributed by atoms with E-state index in [0.29, 0.717) is 17.7 Å². The molecular weight excluding hydrogens is 196 g/mol. The fraction of sp³-hybridized carbons (Fsp3) is 0.400. The van der Waals surface area contributed by atoms with Crippen LogP contribution in [0.1, 0.15) is 19.4 Å². The second-order valence-electron chi connectivity index (χ2n) is 3.27. The van der Waals surface area contributed by atoms with Gasteiger partial charge in [-0.05, 0) is 25.5 Å². The number of hydrogen-bond acceptors (Lipinski definition) is 4. The normalized spacial score (nSPS) is 12.2. The Balaban J connectivity index is 3.02. The summed E-state index contributed by atoms with van der Waals surface area (Å²) in [5.41, 5.74) is 1.46. The second kappa shape index (κ2) is 4.75. The van der Waals surface area contributed by atoms with E-state index < -0.39 is 11.2 Å². The predicted molar refractivity (Wildman–Crippen MR) is 57.8 cm³/mol. The largest absolute Gasteiger partial charge is 0.374 e. The van der Waals surface area contributed by atoms with Crippen LogP contribution in [0.4, 0.5) is 11.4 Å². The minimum Gasteiger partial charge on any atom is -0.374 e. The molecule has 1 atom stereocenters. The van der Waals surface area contributed by atoms with Gasteiger partial charge in [0.05, 0.1) is 4.92 Å². The van der Waals surface area contributed by atoms with Crippen molar-refractivity contribution in [2.75, 3.05) is 5.32 Å². The molecule has 0 spiro atoms. The van der Waals surface area contributed by atoms with Gasteiger partial charge < -0.3 is 10.4 Å². The summed E-state index contributed by atoms with van der Waals surface area (Å²) in [5, 5.41) is 22.5. The summed E-state index contributed by atoms with van der Waals surface area (Å²) in [6.07, 6.45) is -0.0813. The van der Waals surface area contributed by atoms with Gasteiger partial charge in [0.25, 0.3) is 5.69 Å². The molecule has 0 bridgehead atoms. The molecule has 1 unspecified atom stereocenters. The zero-order valence-corrected chi connectivity index (χ0v) is 8.73. The first-order chi connectivity index (χ1) is 7.04. The number of aryl methyl sites for hydroxylation is 1. The smallest absolute Gasteiger partial charge is 0.272 e. The molecule has 1 aromatic rings. The van der Waals surface area contributed by atoms with Crippen molar-refractivity contribution >= 4 is 11.4 Å². The Morgan fingerprint density at radius 1 is 1.60 bits per heavy atom. The summed E-state index contributed by atoms with van der Waals surface area (Å²) < 4.78 is 0. The van der Waals surface area contributed by atoms with Crippen LogP contribution in [-0.4, -0.2) is 16.3 Å². The van der Waals surface area contributed by atoms with E-state index in [9.17, 15) is 10.1 Å². The average Bonchev–Trinajstić information content (AvgIpc) is 2.16. The van der Waals surface area contributed by atoms with Crippen LogP contribution in [0.15, 0.2) is 18.2 Å². The number of aliphatic hydroxyl groups is 1. The summed E-state index contributed by atoms with van der Waals surface area (Å²) in [4.78, 5) is 10.3. The van der Waals surface area contributed by atoms with Crippen LogP contribution >= 0.6 is 0 Å². The lowest BCUT2D eigenvalue weighted by Crippen LogP contribution is -2.13. The highest BCUT2D eigenvalue weighted by Gasteiger charge is 2.12. The molecule has 82 valence electrons. The van der Waals surface area contributed by atoms with E-state index in [0.717, 1.165) is 0 Å². The molecule has 15 heavy (non-hydrogen) atoms. The molecule has 0 saturated heterocycles. The van der Waals surface area contributed by atoms with Gasteiger partial charge in [-0.1, -0.05) is 6.92 Å². The summed E-state index contributed by atoms with van der Waals surface area (Å²) >= 11 is 0. The zero-order chi connectivity index (χ0) is 11.4. The molecule has 0 fully saturated rings. The number of nitrogens with one attached hydrogen (secondary N) is 1. The molecule has 0 radical (unpaired) electrons. The summed E-state index contributed by atoms with van der Waals surface area (Å²) in [7, 11) is 0. The van der Waals surface area contributed by atoms with Gasteiger partial charge in [0, 0.05) is 17.3 Å². The Morgan fingerprint density at radius 3 is 2.73 bits per heavy atom. The van der Waals surface area contributed by atoms with Crippen molar-refractivity contribution in [3.63, 3.8) is 0 Å². The molecule has 0 amide bonds. The lowest BCUT2D eigenvalue weighted by molar-refractivity contribution is -0.385. The first-order valence-corrected chi connectivity index (χ1v) is 4.76. The molecular formula is C10H14N2O3. The summed E-state index contributed by atoms with van der Waals surface area (Å²) in [6.45, 7) is 3.45. The maximum atomic E-state index is 10.6. The monoisotopic (exact) mass is 210 g/mol. The Labute approximate surface area is 87.9 Å². The third kappa shape index (κ3) is 2.92. The van der Waals surface area contributed by atoms with Gasteiger partial charge in [0.2, 0.25) is 0 Å². The zero-order valence-electron chi connectivity index (χ0n) is 8.73. The lowest BCUT2D eigenvalue weighted by atomic mass is 10.1. The van der Waals surface area contributed by atoms with E-state index in [4.69, 9.17) is 5.11 Å². The van der Waals surface area contributed by atoms with Crippen LogP contribution in [0, 0.1) is 10.1 Å². The Morgan fingerprint density at radius 2 is 2.27 bits per heavy atom. The van der Waals surface area contributed by atoms with Crippen LogP contribution in [0.25, 0.3) is 0 Å². The highest BCUT2D eigenvalue weighted by atomic mass is 16.6. The van der Waals surface area contributed by atoms with Crippen LogP contribution in [-0.2, 0) is 6.42 Å². The molecule has 0 saturated carbocycles. The number of benzene rings is 1. The van der Waals surface area contributed by atoms with Gasteiger partial charge in [0.1, 0.15) is 6.23 Å². The number of nitrogens with zero attached hydrogens (tertiary/aromatic N) is 1. The second-order valence-corrected chi connectivity index (χ2v) is 3.27. The van der Waals surface area contributed by atoms with Crippen molar-refractivity contribution in [1.82, 2.24) is 0 Å². The van der Waals surface area contributed by atoms with Crippen LogP contribution < -0.4 is 5.32 Å². The SMILES string of the molecule is CCc1cc(NC(C)O)ccc1[N+](=O)[O-]. The van der Waals surface area contributed by atoms with Gasteiger partial charge in [-0.15, -0.1) is 0 Å². The topological polar surface area (TPSA) is 75.4 Å². The number of hydrogen-bond donors (Lipinski definition) is 2. The number of nitro groups is 1. The maximum Gasteiger partial charge on any atom is 0.272 e. The van der Waals surface area contributed by atoms with Gasteiger partial charge in [0.15, 0.2) is 0 Å². The summed E-state index contributed by atoms with van der Waals surface area (Å²) in [5.74, 6) is 0. The van der Waals surface area contributed by atoms with Crippen molar-refractivity contribution in [2.24, 2.45) is 0 Å². The Hall–Kier alpha value is -1.62. The molecule has 1 aromatic carbocycles. The van der Waals surface area contributed by atoms with Crippen molar-refractivity contribution in [3.05, 3.63) is 33.9 Å². The fourth-order valence-corrected chi connectivity index (χ4v) is 1.38. The Bertz CT molecular complexity index is 364. The number of aliphatic hydroxyl groups excluding tert-OH is 1. The molecule has 5 nitrogen and oxygen atoms in total. The fourth-order valence-electron chi connectivity index (χ4n) is 1.38. The number of nitro benzene ring substituents is 1. The lowest BCUT2D eigenvalue weighted by Gasteiger charge is -2.10. The van der Waals surface area contributed by atoms with E-state index in [-0.39, 0.29) is 5.69 Å². The van der Waals surface area contributed by atoms with Gasteiger partial charge in [-0.2, -0.15) is 0 Å². The highest BCUT2D eigenvalue weighted by molar-refractivity contribution is 5.54. The molecule has 2 N–H and O–H groups in total. The third-order valence-electron chi connectivity index (χ3n) is 2.03. The minimum atomic E-state index is -0.670. The van der Waals surface area contributed by atoms with Crippen LogP contribution in [0.2, 0.25) is 0 Å². The van der Waals surface area contributed by atoms with E-state index in [1.807, 2.05) is 6.92 Å². The maximum absolute atomic E-state index is 10.6. The van der Waals surface area contributed by atoms with Crippen molar-refractivity contribution < 1.29 is 10.0 Å². The molecule has 0 aliphatic heterocycles. The number of anilines is 1. The molecule has 0 heterocycles. The third-order valence-corrected chi connectivity index (χ3v) is 2.03. The first-order valence-electron chi connectivity index (χ1n) is 4.76. The summed E-state index contributed by atoms with van der Waals surface area (Å²) in [6, 6.07) is 4.72. The van der Waals surface area contributed by atoms with Gasteiger partial charge in [-0.3, -0.25) is 10.1 Å². The standard InChI is InChI=1S/C10H14N2O3/c1-3-8-6-9(11-7(2)13)4-5-10(8)12(14)15/h4-7,11,13H,3H2,1-2H3. The van der Waals surface area contributed by atoms with Gasteiger partial charge in [-0.25, -0.2) is 0 Å². The van der Waals surface area contributed by atoms with E-state index in [2.05, 4.69) is 5.32 Å². The van der Waals surface area contributed by atoms with Crippen LogP contribution in [0.5, 0.6) is 0 Å². The molecule has 0 aliphatic carbocycles. The first kappa shape index (κ1) is 11.5. The van der Waals surface area contributed by atoms with E-state index >= 15 is 0 Å². The van der Waals surface area contributed by atoms with Crippen molar-refractivity contribution in [2.45, 2.75) is 26.5 Å². The van der Waals surface area contributed by atoms with E-state index in [1.165, 1.54) is 6.07 Å². The average molecular weight is 210 g/mol.